The molecule has 3 aromatic rings. The Balaban J connectivity index is 1.49. The highest BCUT2D eigenvalue weighted by Crippen LogP contribution is 2.45. The van der Waals surface area contributed by atoms with Crippen LogP contribution in [0.4, 0.5) is 20.0 Å². The summed E-state index contributed by atoms with van der Waals surface area (Å²) in [5, 5.41) is 25.8. The van der Waals surface area contributed by atoms with E-state index in [0.717, 1.165) is 16.2 Å². The number of nitrogens with one attached hydrogen (secondary N) is 2. The third-order valence-corrected chi connectivity index (χ3v) is 9.48. The van der Waals surface area contributed by atoms with Gasteiger partial charge in [-0.15, -0.1) is 11.3 Å². The molecule has 0 saturated carbocycles. The highest BCUT2D eigenvalue weighted by atomic mass is 32.3. The summed E-state index contributed by atoms with van der Waals surface area (Å²) in [6.45, 7) is 2.37. The summed E-state index contributed by atoms with van der Waals surface area (Å²) < 4.78 is 34.5. The molecule has 15 heteroatoms. The number of hydrogen-bond donors (Lipinski definition) is 7. The van der Waals surface area contributed by atoms with E-state index in [4.69, 9.17) is 5.73 Å². The largest absolute Gasteiger partial charge is 0.465 e. The molecular weight excluding hydrogens is 589 g/mol. The molecule has 8 N–H and O–H groups in total. The SMILES string of the molecule is CC(C)(O)c1ccc(-c2cc(C(N)=O)c(Nc3cccc(CN(CC(=O)NC4CCS(O)(O)C4)C(=O)O)n3)s2)c(F)c1. The average Bonchev–Trinajstić information content (AvgIpc) is 3.45. The molecule has 12 nitrogen and oxygen atoms in total. The molecule has 0 radical (unpaired) electrons. The van der Waals surface area contributed by atoms with Gasteiger partial charge in [0, 0.05) is 22.2 Å². The van der Waals surface area contributed by atoms with Crippen LogP contribution in [-0.2, 0) is 16.9 Å². The van der Waals surface area contributed by atoms with E-state index in [1.165, 1.54) is 18.2 Å². The number of pyridine rings is 1. The van der Waals surface area contributed by atoms with Crippen LogP contribution in [0.2, 0.25) is 0 Å². The number of aromatic nitrogens is 1. The van der Waals surface area contributed by atoms with Crippen LogP contribution in [0.5, 0.6) is 0 Å². The van der Waals surface area contributed by atoms with Crippen LogP contribution in [0.25, 0.3) is 10.4 Å². The van der Waals surface area contributed by atoms with E-state index in [9.17, 15) is 38.1 Å². The Kier molecular flexibility index (Phi) is 9.08. The van der Waals surface area contributed by atoms with Gasteiger partial charge in [0.2, 0.25) is 5.91 Å². The molecule has 1 atom stereocenters. The van der Waals surface area contributed by atoms with Gasteiger partial charge in [-0.1, -0.05) is 18.2 Å². The Bertz CT molecular complexity index is 1510. The minimum absolute atomic E-state index is 0.0393. The summed E-state index contributed by atoms with van der Waals surface area (Å²) in [7, 11) is -2.71. The van der Waals surface area contributed by atoms with Crippen LogP contribution in [0, 0.1) is 5.82 Å². The zero-order valence-corrected chi connectivity index (χ0v) is 24.5. The second-order valence-corrected chi connectivity index (χ2v) is 13.9. The van der Waals surface area contributed by atoms with Gasteiger partial charge in [-0.25, -0.2) is 14.2 Å². The minimum atomic E-state index is -2.71. The molecular formula is C27H32FN5O7S2. The van der Waals surface area contributed by atoms with Gasteiger partial charge in [-0.3, -0.25) is 23.6 Å². The molecule has 1 fully saturated rings. The van der Waals surface area contributed by atoms with Crippen molar-refractivity contribution in [1.82, 2.24) is 15.2 Å². The van der Waals surface area contributed by atoms with Gasteiger partial charge >= 0.3 is 6.09 Å². The van der Waals surface area contributed by atoms with Crippen LogP contribution in [0.3, 0.4) is 0 Å². The number of carbonyl (C=O) groups excluding carboxylic acids is 2. The molecule has 42 heavy (non-hydrogen) atoms. The Morgan fingerprint density at radius 3 is 2.55 bits per heavy atom. The van der Waals surface area contributed by atoms with Crippen molar-refractivity contribution in [3.63, 3.8) is 0 Å². The zero-order valence-electron chi connectivity index (χ0n) is 22.8. The van der Waals surface area contributed by atoms with Gasteiger partial charge in [0.1, 0.15) is 23.2 Å². The molecule has 2 aromatic heterocycles. The maximum absolute atomic E-state index is 15.0. The number of halogens is 1. The summed E-state index contributed by atoms with van der Waals surface area (Å²) in [6, 6.07) is 10.1. The average molecular weight is 622 g/mol. The lowest BCUT2D eigenvalue weighted by atomic mass is 9.96. The lowest BCUT2D eigenvalue weighted by molar-refractivity contribution is -0.122. The number of rotatable bonds is 10. The monoisotopic (exact) mass is 621 g/mol. The number of carboxylic acid groups (broad SMARTS) is 1. The second kappa shape index (κ2) is 12.2. The molecule has 1 aromatic carbocycles. The van der Waals surface area contributed by atoms with Crippen LogP contribution < -0.4 is 16.4 Å². The van der Waals surface area contributed by atoms with Gasteiger partial charge < -0.3 is 26.6 Å². The van der Waals surface area contributed by atoms with Gasteiger partial charge in [0.05, 0.1) is 29.2 Å². The van der Waals surface area contributed by atoms with E-state index < -0.39 is 52.5 Å². The lowest BCUT2D eigenvalue weighted by Gasteiger charge is -2.26. The Morgan fingerprint density at radius 1 is 1.21 bits per heavy atom. The van der Waals surface area contributed by atoms with Crippen LogP contribution in [0.1, 0.15) is 41.9 Å². The summed E-state index contributed by atoms with van der Waals surface area (Å²) in [6.07, 6.45) is -0.954. The highest BCUT2D eigenvalue weighted by Gasteiger charge is 2.30. The Labute approximate surface area is 246 Å². The van der Waals surface area contributed by atoms with E-state index in [2.05, 4.69) is 15.6 Å². The standard InChI is InChI=1S/C27H32FN5O7S2/c1-27(2,38)15-6-7-18(20(28)10-15)21-11-19(24(29)35)25(41-21)32-22-5-3-4-16(30-22)12-33(26(36)37)13-23(34)31-17-8-9-42(39,40)14-17/h3-7,10-11,17,38-40H,8-9,12-14H2,1-2H3,(H2,29,35)(H,30,32)(H,31,34)(H,36,37). The van der Waals surface area contributed by atoms with Crippen molar-refractivity contribution in [1.29, 1.82) is 0 Å². The number of benzene rings is 1. The minimum Gasteiger partial charge on any atom is -0.465 e. The van der Waals surface area contributed by atoms with Crippen molar-refractivity contribution in [2.45, 2.75) is 38.5 Å². The van der Waals surface area contributed by atoms with E-state index in [1.807, 2.05) is 0 Å². The van der Waals surface area contributed by atoms with Crippen molar-refractivity contribution in [3.05, 3.63) is 65.1 Å². The van der Waals surface area contributed by atoms with Crippen LogP contribution in [0.15, 0.2) is 42.5 Å². The lowest BCUT2D eigenvalue weighted by Crippen LogP contribution is -2.44. The molecule has 1 aliphatic heterocycles. The third-order valence-electron chi connectivity index (χ3n) is 6.57. The topological polar surface area (TPSA) is 198 Å². The molecule has 1 unspecified atom stereocenters. The van der Waals surface area contributed by atoms with Gasteiger partial charge in [0.25, 0.3) is 5.91 Å². The number of amides is 3. The number of aliphatic hydroxyl groups is 1. The van der Waals surface area contributed by atoms with Crippen LogP contribution >= 0.6 is 21.9 Å². The maximum atomic E-state index is 15.0. The van der Waals surface area contributed by atoms with Crippen molar-refractivity contribution >= 4 is 50.7 Å². The summed E-state index contributed by atoms with van der Waals surface area (Å²) in [5.74, 6) is -1.43. The summed E-state index contributed by atoms with van der Waals surface area (Å²) in [4.78, 5) is 42.2. The normalized spacial score (nSPS) is 17.0. The number of hydrogen-bond acceptors (Lipinski definition) is 9. The van der Waals surface area contributed by atoms with Gasteiger partial charge in [-0.2, -0.15) is 10.6 Å². The highest BCUT2D eigenvalue weighted by molar-refractivity contribution is 8.24. The van der Waals surface area contributed by atoms with Gasteiger partial charge in [-0.05, 0) is 50.1 Å². The molecule has 1 aliphatic rings. The fourth-order valence-electron chi connectivity index (χ4n) is 4.42. The third kappa shape index (κ3) is 7.74. The molecule has 0 aliphatic carbocycles. The molecule has 3 amide bonds. The quantitative estimate of drug-likeness (QED) is 0.174. The first kappa shape index (κ1) is 31.2. The zero-order chi connectivity index (χ0) is 30.8. The summed E-state index contributed by atoms with van der Waals surface area (Å²) in [5.41, 5.74) is 5.34. The van der Waals surface area contributed by atoms with E-state index in [-0.39, 0.29) is 35.0 Å². The van der Waals surface area contributed by atoms with Crippen molar-refractivity contribution in [2.75, 3.05) is 23.4 Å². The predicted molar refractivity (Wildman–Crippen MR) is 159 cm³/mol. The molecule has 0 spiro atoms. The number of carbonyl (C=O) groups is 3. The van der Waals surface area contributed by atoms with Crippen molar-refractivity contribution in [2.24, 2.45) is 5.73 Å². The van der Waals surface area contributed by atoms with E-state index in [1.54, 1.807) is 38.1 Å². The summed E-state index contributed by atoms with van der Waals surface area (Å²) >= 11 is 1.07. The first-order valence-electron chi connectivity index (χ1n) is 12.8. The van der Waals surface area contributed by atoms with Crippen LogP contribution in [-0.4, -0.2) is 71.2 Å². The first-order valence-corrected chi connectivity index (χ1v) is 15.5. The fraction of sp³-hybridized carbons (Fsp3) is 0.333. The number of thiophene rings is 1. The first-order chi connectivity index (χ1) is 19.6. The Morgan fingerprint density at radius 2 is 1.95 bits per heavy atom. The number of nitrogens with zero attached hydrogens (tertiary/aromatic N) is 2. The number of nitrogens with two attached hydrogens (primary N) is 1. The fourth-order valence-corrected chi connectivity index (χ4v) is 7.24. The molecule has 4 rings (SSSR count). The smallest absolute Gasteiger partial charge is 0.408 e. The number of anilines is 2. The second-order valence-electron chi connectivity index (χ2n) is 10.5. The Hall–Kier alpha value is -3.76. The van der Waals surface area contributed by atoms with Gasteiger partial charge in [0.15, 0.2) is 0 Å². The van der Waals surface area contributed by atoms with E-state index in [0.29, 0.717) is 27.6 Å². The molecule has 0 bridgehead atoms. The number of primary amides is 1. The molecule has 226 valence electrons. The van der Waals surface area contributed by atoms with E-state index >= 15 is 0 Å². The molecule has 1 saturated heterocycles. The molecule has 3 heterocycles. The van der Waals surface area contributed by atoms with Crippen molar-refractivity contribution in [3.8, 4) is 10.4 Å². The maximum Gasteiger partial charge on any atom is 0.408 e. The van der Waals surface area contributed by atoms with Crippen molar-refractivity contribution < 1.29 is 38.1 Å². The predicted octanol–water partition coefficient (Wildman–Crippen LogP) is 4.14.